The van der Waals surface area contributed by atoms with Crippen molar-refractivity contribution in [3.63, 3.8) is 0 Å². The molecule has 0 aliphatic carbocycles. The largest absolute Gasteiger partial charge is 0.480 e. The maximum absolute atomic E-state index is 13.8. The molecule has 0 unspecified atom stereocenters. The Morgan fingerprint density at radius 2 is 1.88 bits per heavy atom. The molecule has 0 spiro atoms. The molecule has 14 heteroatoms. The Morgan fingerprint density at radius 1 is 1.18 bits per heavy atom. The summed E-state index contributed by atoms with van der Waals surface area (Å²) >= 11 is 0. The molecule has 0 aliphatic rings. The van der Waals surface area contributed by atoms with E-state index < -0.39 is 51.6 Å². The number of carboxylic acid groups (broad SMARTS) is 1. The summed E-state index contributed by atoms with van der Waals surface area (Å²) in [4.78, 5) is 40.1. The predicted molar refractivity (Wildman–Crippen MR) is 123 cm³/mol. The van der Waals surface area contributed by atoms with Crippen LogP contribution in [0.1, 0.15) is 18.4 Å². The van der Waals surface area contributed by atoms with Gasteiger partial charge in [-0.15, -0.1) is 0 Å². The van der Waals surface area contributed by atoms with Crippen LogP contribution in [0, 0.1) is 5.82 Å². The molecule has 0 radical (unpaired) electrons. The summed E-state index contributed by atoms with van der Waals surface area (Å²) in [7, 11) is -4.14. The number of carbonyl (C=O) groups is 2. The van der Waals surface area contributed by atoms with Crippen molar-refractivity contribution in [2.24, 2.45) is 16.5 Å². The van der Waals surface area contributed by atoms with Crippen LogP contribution in [-0.2, 0) is 31.9 Å². The van der Waals surface area contributed by atoms with Gasteiger partial charge in [-0.3, -0.25) is 19.3 Å². The molecule has 184 valence electrons. The number of anilines is 1. The van der Waals surface area contributed by atoms with Crippen LogP contribution in [0.25, 0.3) is 0 Å². The Hall–Kier alpha value is -3.94. The zero-order valence-electron chi connectivity index (χ0n) is 18.0. The van der Waals surface area contributed by atoms with Crippen molar-refractivity contribution in [3.05, 3.63) is 64.3 Å². The summed E-state index contributed by atoms with van der Waals surface area (Å²) in [5.41, 5.74) is 9.13. The highest BCUT2D eigenvalue weighted by atomic mass is 32.2. The molecule has 0 aliphatic heterocycles. The Balaban J connectivity index is 2.06. The lowest BCUT2D eigenvalue weighted by Gasteiger charge is -2.15. The second-order valence-electron chi connectivity index (χ2n) is 7.21. The molecule has 0 saturated heterocycles. The van der Waals surface area contributed by atoms with Gasteiger partial charge < -0.3 is 26.5 Å². The second kappa shape index (κ2) is 11.8. The second-order valence-corrected chi connectivity index (χ2v) is 8.94. The van der Waals surface area contributed by atoms with Gasteiger partial charge in [0.15, 0.2) is 5.96 Å². The van der Waals surface area contributed by atoms with Gasteiger partial charge >= 0.3 is 5.97 Å². The van der Waals surface area contributed by atoms with Crippen molar-refractivity contribution >= 4 is 33.5 Å². The van der Waals surface area contributed by atoms with Gasteiger partial charge in [-0.1, -0.05) is 18.2 Å². The maximum Gasteiger partial charge on any atom is 0.326 e. The minimum Gasteiger partial charge on any atom is -0.480 e. The first-order chi connectivity index (χ1) is 16.0. The molecule has 2 aromatic rings. The van der Waals surface area contributed by atoms with E-state index in [1.807, 2.05) is 0 Å². The van der Waals surface area contributed by atoms with E-state index in [2.05, 4.69) is 15.0 Å². The fourth-order valence-corrected chi connectivity index (χ4v) is 4.12. The minimum absolute atomic E-state index is 0.0443. The number of amides is 1. The lowest BCUT2D eigenvalue weighted by atomic mass is 10.1. The SMILES string of the molecule is NC(N)=NCCC[C@H](NC(=O)Cn1cccc(NS(=O)(=O)Cc2ccccc2F)c1=O)C(=O)O. The van der Waals surface area contributed by atoms with E-state index in [-0.39, 0.29) is 36.6 Å². The van der Waals surface area contributed by atoms with E-state index in [4.69, 9.17) is 11.5 Å². The quantitative estimate of drug-likeness (QED) is 0.148. The third-order valence-corrected chi connectivity index (χ3v) is 5.70. The van der Waals surface area contributed by atoms with Gasteiger partial charge in [0, 0.05) is 18.3 Å². The normalized spacial score (nSPS) is 11.9. The molecule has 0 saturated carbocycles. The summed E-state index contributed by atoms with van der Waals surface area (Å²) in [5.74, 6) is -3.60. The molecule has 34 heavy (non-hydrogen) atoms. The van der Waals surface area contributed by atoms with Crippen LogP contribution >= 0.6 is 0 Å². The Morgan fingerprint density at radius 3 is 2.53 bits per heavy atom. The highest BCUT2D eigenvalue weighted by Gasteiger charge is 2.21. The van der Waals surface area contributed by atoms with E-state index in [0.29, 0.717) is 0 Å². The van der Waals surface area contributed by atoms with E-state index >= 15 is 0 Å². The molecule has 0 fully saturated rings. The van der Waals surface area contributed by atoms with Crippen LogP contribution in [0.15, 0.2) is 52.4 Å². The zero-order chi connectivity index (χ0) is 25.3. The Labute approximate surface area is 194 Å². The van der Waals surface area contributed by atoms with Crippen LogP contribution in [0.2, 0.25) is 0 Å². The Kier molecular flexibility index (Phi) is 9.12. The highest BCUT2D eigenvalue weighted by molar-refractivity contribution is 7.91. The highest BCUT2D eigenvalue weighted by Crippen LogP contribution is 2.13. The first kappa shape index (κ1) is 26.3. The van der Waals surface area contributed by atoms with Crippen LogP contribution in [0.5, 0.6) is 0 Å². The number of hydrogen-bond acceptors (Lipinski definition) is 6. The van der Waals surface area contributed by atoms with Crippen molar-refractivity contribution in [2.45, 2.75) is 31.2 Å². The van der Waals surface area contributed by atoms with Crippen molar-refractivity contribution in [2.75, 3.05) is 11.3 Å². The summed E-state index contributed by atoms with van der Waals surface area (Å²) in [6, 6.07) is 6.60. The molecular weight excluding hydrogens is 471 g/mol. The molecule has 1 aromatic carbocycles. The summed E-state index contributed by atoms with van der Waals surface area (Å²) < 4.78 is 41.6. The van der Waals surface area contributed by atoms with Gasteiger partial charge in [-0.2, -0.15) is 0 Å². The van der Waals surface area contributed by atoms with Gasteiger partial charge in [0.1, 0.15) is 24.1 Å². The number of rotatable bonds is 12. The number of carboxylic acids is 1. The molecule has 2 rings (SSSR count). The molecule has 0 bridgehead atoms. The first-order valence-corrected chi connectivity index (χ1v) is 11.6. The average Bonchev–Trinajstić information content (AvgIpc) is 2.74. The van der Waals surface area contributed by atoms with Crippen LogP contribution < -0.4 is 27.1 Å². The van der Waals surface area contributed by atoms with Crippen LogP contribution in [0.4, 0.5) is 10.1 Å². The number of benzene rings is 1. The van der Waals surface area contributed by atoms with E-state index in [1.54, 1.807) is 0 Å². The van der Waals surface area contributed by atoms with Crippen molar-refractivity contribution < 1.29 is 27.5 Å². The number of carbonyl (C=O) groups excluding carboxylic acids is 1. The monoisotopic (exact) mass is 496 g/mol. The number of aliphatic carboxylic acids is 1. The number of halogens is 1. The predicted octanol–water partition coefficient (Wildman–Crippen LogP) is -0.448. The molecular formula is C20H25FN6O6S. The van der Waals surface area contributed by atoms with Gasteiger partial charge in [-0.25, -0.2) is 17.6 Å². The van der Waals surface area contributed by atoms with Crippen molar-refractivity contribution in [1.82, 2.24) is 9.88 Å². The van der Waals surface area contributed by atoms with Crippen LogP contribution in [-0.4, -0.2) is 48.5 Å². The number of aliphatic imine (C=N–C) groups is 1. The smallest absolute Gasteiger partial charge is 0.326 e. The number of aromatic nitrogens is 1. The van der Waals surface area contributed by atoms with Crippen LogP contribution in [0.3, 0.4) is 0 Å². The number of sulfonamides is 1. The van der Waals surface area contributed by atoms with E-state index in [1.165, 1.54) is 36.5 Å². The Bertz CT molecular complexity index is 1230. The van der Waals surface area contributed by atoms with E-state index in [9.17, 15) is 32.3 Å². The lowest BCUT2D eigenvalue weighted by Crippen LogP contribution is -2.43. The fourth-order valence-electron chi connectivity index (χ4n) is 2.92. The standard InChI is InChI=1S/C20H25FN6O6S/c21-14-6-2-1-5-13(14)12-34(32,33)26-15-8-4-10-27(18(15)29)11-17(28)25-16(19(30)31)7-3-9-24-20(22)23/h1-2,4-6,8,10,16,26H,3,7,9,11-12H2,(H,25,28)(H,30,31)(H4,22,23,24)/t16-/m0/s1. The zero-order valence-corrected chi connectivity index (χ0v) is 18.8. The minimum atomic E-state index is -4.14. The maximum atomic E-state index is 13.8. The van der Waals surface area contributed by atoms with E-state index in [0.717, 1.165) is 10.6 Å². The molecule has 7 N–H and O–H groups in total. The molecule has 1 amide bonds. The number of hydrogen-bond donors (Lipinski definition) is 5. The number of nitrogens with two attached hydrogens (primary N) is 2. The first-order valence-electron chi connectivity index (χ1n) is 9.99. The number of nitrogens with zero attached hydrogens (tertiary/aromatic N) is 2. The number of guanidine groups is 1. The van der Waals surface area contributed by atoms with Gasteiger partial charge in [-0.05, 0) is 31.0 Å². The number of nitrogens with one attached hydrogen (secondary N) is 2. The third-order valence-electron chi connectivity index (χ3n) is 4.48. The molecule has 1 atom stereocenters. The third kappa shape index (κ3) is 8.20. The molecule has 1 heterocycles. The molecule has 12 nitrogen and oxygen atoms in total. The summed E-state index contributed by atoms with van der Waals surface area (Å²) in [5, 5.41) is 11.6. The van der Waals surface area contributed by atoms with Gasteiger partial charge in [0.2, 0.25) is 15.9 Å². The number of pyridine rings is 1. The average molecular weight is 497 g/mol. The summed E-state index contributed by atoms with van der Waals surface area (Å²) in [6.07, 6.45) is 1.57. The van der Waals surface area contributed by atoms with Crippen molar-refractivity contribution in [1.29, 1.82) is 0 Å². The lowest BCUT2D eigenvalue weighted by molar-refractivity contribution is -0.142. The van der Waals surface area contributed by atoms with Crippen molar-refractivity contribution in [3.8, 4) is 0 Å². The fraction of sp³-hybridized carbons (Fsp3) is 0.300. The summed E-state index contributed by atoms with van der Waals surface area (Å²) in [6.45, 7) is -0.379. The molecule has 1 aromatic heterocycles. The topological polar surface area (TPSA) is 199 Å². The van der Waals surface area contributed by atoms with Gasteiger partial charge in [0.25, 0.3) is 5.56 Å². The van der Waals surface area contributed by atoms with Gasteiger partial charge in [0.05, 0.1) is 5.75 Å².